The van der Waals surface area contributed by atoms with Crippen LogP contribution in [0.2, 0.25) is 0 Å². The van der Waals surface area contributed by atoms with Gasteiger partial charge in [0.05, 0.1) is 0 Å². The van der Waals surface area contributed by atoms with Gasteiger partial charge >= 0.3 is 0 Å². The predicted molar refractivity (Wildman–Crippen MR) is 107 cm³/mol. The lowest BCUT2D eigenvalue weighted by atomic mass is 9.86. The number of hydrogen-bond acceptors (Lipinski definition) is 4. The van der Waals surface area contributed by atoms with Crippen molar-refractivity contribution in [2.24, 2.45) is 0 Å². The monoisotopic (exact) mass is 403 g/mol. The molecule has 0 spiro atoms. The van der Waals surface area contributed by atoms with Gasteiger partial charge in [-0.2, -0.15) is 5.10 Å². The third kappa shape index (κ3) is 4.03. The molecule has 1 N–H and O–H groups in total. The van der Waals surface area contributed by atoms with E-state index >= 15 is 0 Å². The highest BCUT2D eigenvalue weighted by molar-refractivity contribution is 5.86. The van der Waals surface area contributed by atoms with Crippen molar-refractivity contribution in [1.82, 2.24) is 24.9 Å². The van der Waals surface area contributed by atoms with Gasteiger partial charge in [-0.1, -0.05) is 0 Å². The quantitative estimate of drug-likeness (QED) is 0.836. The Morgan fingerprint density at radius 2 is 1.81 bits per heavy atom. The molecule has 1 aromatic heterocycles. The van der Waals surface area contributed by atoms with E-state index in [9.17, 15) is 4.79 Å². The molecule has 3 saturated heterocycles. The van der Waals surface area contributed by atoms with Crippen LogP contribution in [0.3, 0.4) is 0 Å². The van der Waals surface area contributed by atoms with Crippen molar-refractivity contribution in [2.75, 3.05) is 39.3 Å². The van der Waals surface area contributed by atoms with Crippen LogP contribution in [0.25, 0.3) is 0 Å². The molecule has 0 radical (unpaired) electrons. The Balaban J connectivity index is 0.00000121. The van der Waals surface area contributed by atoms with E-state index in [1.54, 1.807) is 6.20 Å². The van der Waals surface area contributed by atoms with Gasteiger partial charge in [-0.25, -0.2) is 0 Å². The first-order valence-corrected chi connectivity index (χ1v) is 9.54. The Kier molecular flexibility index (Phi) is 7.76. The summed E-state index contributed by atoms with van der Waals surface area (Å²) in [6, 6.07) is 2.49. The molecule has 1 aromatic rings. The second-order valence-corrected chi connectivity index (χ2v) is 7.52. The van der Waals surface area contributed by atoms with E-state index < -0.39 is 5.54 Å². The number of nitrogens with one attached hydrogen (secondary N) is 1. The molecule has 0 bridgehead atoms. The molecule has 148 valence electrons. The first kappa shape index (κ1) is 21.5. The fraction of sp³-hybridized carbons (Fsp3) is 0.778. The van der Waals surface area contributed by atoms with Crippen molar-refractivity contribution in [1.29, 1.82) is 0 Å². The SMILES string of the molecule is Cl.Cl.O=C(N1CCCC(N2CCCC2)C1)C1(n2cccn2)CCNCC1. The van der Waals surface area contributed by atoms with Gasteiger partial charge in [0.1, 0.15) is 5.54 Å². The summed E-state index contributed by atoms with van der Waals surface area (Å²) in [7, 11) is 0. The van der Waals surface area contributed by atoms with Gasteiger partial charge in [0, 0.05) is 31.5 Å². The molecule has 0 aromatic carbocycles. The van der Waals surface area contributed by atoms with Crippen molar-refractivity contribution in [3.63, 3.8) is 0 Å². The molecule has 0 saturated carbocycles. The highest BCUT2D eigenvalue weighted by atomic mass is 35.5. The van der Waals surface area contributed by atoms with Crippen LogP contribution in [0, 0.1) is 0 Å². The summed E-state index contributed by atoms with van der Waals surface area (Å²) in [6.45, 7) is 5.99. The van der Waals surface area contributed by atoms with Crippen LogP contribution in [0.1, 0.15) is 38.5 Å². The summed E-state index contributed by atoms with van der Waals surface area (Å²) in [4.78, 5) is 18.3. The Hall–Kier alpha value is -0.820. The number of nitrogens with zero attached hydrogens (tertiary/aromatic N) is 4. The summed E-state index contributed by atoms with van der Waals surface area (Å²) < 4.78 is 1.93. The lowest BCUT2D eigenvalue weighted by molar-refractivity contribution is -0.145. The van der Waals surface area contributed by atoms with E-state index in [0.717, 1.165) is 45.4 Å². The van der Waals surface area contributed by atoms with E-state index in [1.165, 1.54) is 32.4 Å². The molecule has 4 heterocycles. The summed E-state index contributed by atoms with van der Waals surface area (Å²) in [6.07, 6.45) is 10.4. The third-order valence-corrected chi connectivity index (χ3v) is 6.11. The number of carbonyl (C=O) groups excluding carboxylic acids is 1. The number of hydrogen-bond donors (Lipinski definition) is 1. The van der Waals surface area contributed by atoms with Crippen LogP contribution in [-0.2, 0) is 10.3 Å². The molecule has 3 aliphatic heterocycles. The van der Waals surface area contributed by atoms with Gasteiger partial charge in [0.25, 0.3) is 5.91 Å². The number of likely N-dealkylation sites (tertiary alicyclic amines) is 2. The summed E-state index contributed by atoms with van der Waals surface area (Å²) in [5.74, 6) is 0.289. The maximum Gasteiger partial charge on any atom is 0.250 e. The fourth-order valence-electron chi connectivity index (χ4n) is 4.74. The molecule has 26 heavy (non-hydrogen) atoms. The van der Waals surface area contributed by atoms with Crippen LogP contribution in [-0.4, -0.2) is 70.8 Å². The normalized spacial score (nSPS) is 26.0. The van der Waals surface area contributed by atoms with E-state index in [0.29, 0.717) is 6.04 Å². The second kappa shape index (κ2) is 9.40. The highest BCUT2D eigenvalue weighted by Crippen LogP contribution is 2.31. The van der Waals surface area contributed by atoms with Crippen molar-refractivity contribution in [2.45, 2.75) is 50.1 Å². The molecule has 3 aliphatic rings. The minimum absolute atomic E-state index is 0. The number of rotatable bonds is 3. The van der Waals surface area contributed by atoms with Gasteiger partial charge in [0.2, 0.25) is 0 Å². The van der Waals surface area contributed by atoms with Crippen molar-refractivity contribution in [3.05, 3.63) is 18.5 Å². The van der Waals surface area contributed by atoms with Gasteiger partial charge < -0.3 is 10.2 Å². The fourth-order valence-corrected chi connectivity index (χ4v) is 4.74. The Morgan fingerprint density at radius 1 is 1.08 bits per heavy atom. The number of piperidine rings is 2. The smallest absolute Gasteiger partial charge is 0.250 e. The molecule has 3 fully saturated rings. The Morgan fingerprint density at radius 3 is 2.46 bits per heavy atom. The Labute approximate surface area is 168 Å². The standard InChI is InChI=1S/C18H29N5O.2ClH/c24-17(18(6-9-19-10-7-18)23-14-4-8-20-23)22-13-3-5-16(15-22)21-11-1-2-12-21;;/h4,8,14,16,19H,1-3,5-7,9-13,15H2;2*1H. The molecule has 8 heteroatoms. The van der Waals surface area contributed by atoms with Crippen LogP contribution >= 0.6 is 24.8 Å². The first-order chi connectivity index (χ1) is 11.8. The van der Waals surface area contributed by atoms with Gasteiger partial charge in [-0.15, -0.1) is 24.8 Å². The van der Waals surface area contributed by atoms with Crippen LogP contribution in [0.4, 0.5) is 0 Å². The zero-order valence-electron chi connectivity index (χ0n) is 15.3. The molecular weight excluding hydrogens is 373 g/mol. The van der Waals surface area contributed by atoms with Crippen molar-refractivity contribution >= 4 is 30.7 Å². The van der Waals surface area contributed by atoms with Crippen molar-refractivity contribution in [3.8, 4) is 0 Å². The highest BCUT2D eigenvalue weighted by Gasteiger charge is 2.45. The zero-order valence-corrected chi connectivity index (χ0v) is 16.9. The molecule has 4 rings (SSSR count). The molecule has 1 unspecified atom stereocenters. The maximum atomic E-state index is 13.6. The third-order valence-electron chi connectivity index (χ3n) is 6.11. The number of carbonyl (C=O) groups is 1. The molecular formula is C18H31Cl2N5O. The largest absolute Gasteiger partial charge is 0.339 e. The number of halogens is 2. The van der Waals surface area contributed by atoms with E-state index in [1.807, 2.05) is 16.9 Å². The summed E-state index contributed by atoms with van der Waals surface area (Å²) in [5.41, 5.74) is -0.484. The second-order valence-electron chi connectivity index (χ2n) is 7.52. The average Bonchev–Trinajstić information content (AvgIpc) is 3.35. The predicted octanol–water partition coefficient (Wildman–Crippen LogP) is 1.89. The van der Waals surface area contributed by atoms with Gasteiger partial charge in [-0.05, 0) is 70.8 Å². The molecule has 6 nitrogen and oxygen atoms in total. The van der Waals surface area contributed by atoms with Crippen LogP contribution in [0.15, 0.2) is 18.5 Å². The molecule has 0 aliphatic carbocycles. The molecule has 1 atom stereocenters. The first-order valence-electron chi connectivity index (χ1n) is 9.54. The zero-order chi connectivity index (χ0) is 16.4. The van der Waals surface area contributed by atoms with E-state index in [2.05, 4.69) is 20.2 Å². The average molecular weight is 404 g/mol. The minimum atomic E-state index is -0.484. The lowest BCUT2D eigenvalue weighted by Crippen LogP contribution is -2.59. The van der Waals surface area contributed by atoms with E-state index in [-0.39, 0.29) is 30.7 Å². The molecule has 1 amide bonds. The maximum absolute atomic E-state index is 13.6. The van der Waals surface area contributed by atoms with Crippen LogP contribution < -0.4 is 5.32 Å². The van der Waals surface area contributed by atoms with Crippen LogP contribution in [0.5, 0.6) is 0 Å². The summed E-state index contributed by atoms with van der Waals surface area (Å²) >= 11 is 0. The van der Waals surface area contributed by atoms with Crippen molar-refractivity contribution < 1.29 is 4.79 Å². The number of aromatic nitrogens is 2. The van der Waals surface area contributed by atoms with Gasteiger partial charge in [0.15, 0.2) is 0 Å². The lowest BCUT2D eigenvalue weighted by Gasteiger charge is -2.44. The van der Waals surface area contributed by atoms with E-state index in [4.69, 9.17) is 0 Å². The minimum Gasteiger partial charge on any atom is -0.339 e. The topological polar surface area (TPSA) is 53.4 Å². The summed E-state index contributed by atoms with van der Waals surface area (Å²) in [5, 5.41) is 7.85. The number of amides is 1. The van der Waals surface area contributed by atoms with Gasteiger partial charge in [-0.3, -0.25) is 14.4 Å². The Bertz CT molecular complexity index is 556.